The van der Waals surface area contributed by atoms with Gasteiger partial charge in [0.25, 0.3) is 0 Å². The van der Waals surface area contributed by atoms with E-state index in [1.165, 1.54) is 6.07 Å². The molecule has 0 aliphatic carbocycles. The Balaban J connectivity index is 3.13. The van der Waals surface area contributed by atoms with Crippen molar-refractivity contribution in [3.63, 3.8) is 0 Å². The molecule has 1 aromatic rings. The van der Waals surface area contributed by atoms with Crippen molar-refractivity contribution in [2.24, 2.45) is 5.73 Å². The Morgan fingerprint density at radius 3 is 2.56 bits per heavy atom. The highest BCUT2D eigenvalue weighted by Gasteiger charge is 2.33. The minimum Gasteiger partial charge on any atom is -0.323 e. The number of hydrogen-bond donors (Lipinski definition) is 1. The summed E-state index contributed by atoms with van der Waals surface area (Å²) in [6.07, 6.45) is -4.56. The standard InChI is InChI=1S/C10H8ClF3N2/c11-8-2-1-6(9(16)3-4-15)5-7(8)10(12,13)14/h1-2,5,9H,3,16H2/t9-/m1/s1. The van der Waals surface area contributed by atoms with Crippen molar-refractivity contribution in [1.29, 1.82) is 5.26 Å². The Morgan fingerprint density at radius 2 is 2.06 bits per heavy atom. The highest BCUT2D eigenvalue weighted by atomic mass is 35.5. The van der Waals surface area contributed by atoms with Gasteiger partial charge in [-0.3, -0.25) is 0 Å². The summed E-state index contributed by atoms with van der Waals surface area (Å²) in [6.45, 7) is 0. The van der Waals surface area contributed by atoms with Crippen molar-refractivity contribution in [2.45, 2.75) is 18.6 Å². The molecule has 2 N–H and O–H groups in total. The van der Waals surface area contributed by atoms with Gasteiger partial charge < -0.3 is 5.73 Å². The lowest BCUT2D eigenvalue weighted by Crippen LogP contribution is -2.12. The van der Waals surface area contributed by atoms with Crippen LogP contribution in [0.15, 0.2) is 18.2 Å². The third-order valence-corrected chi connectivity index (χ3v) is 2.36. The average molecular weight is 249 g/mol. The molecule has 0 unspecified atom stereocenters. The summed E-state index contributed by atoms with van der Waals surface area (Å²) in [5, 5.41) is 8.03. The van der Waals surface area contributed by atoms with Gasteiger partial charge in [0, 0.05) is 6.04 Å². The van der Waals surface area contributed by atoms with Gasteiger partial charge in [-0.15, -0.1) is 0 Å². The first kappa shape index (κ1) is 12.8. The van der Waals surface area contributed by atoms with E-state index in [1.54, 1.807) is 6.07 Å². The van der Waals surface area contributed by atoms with E-state index < -0.39 is 17.8 Å². The Hall–Kier alpha value is -1.25. The van der Waals surface area contributed by atoms with Gasteiger partial charge in [0.05, 0.1) is 23.1 Å². The van der Waals surface area contributed by atoms with E-state index in [0.717, 1.165) is 12.1 Å². The van der Waals surface area contributed by atoms with Crippen molar-refractivity contribution in [1.82, 2.24) is 0 Å². The van der Waals surface area contributed by atoms with Gasteiger partial charge in [-0.2, -0.15) is 18.4 Å². The lowest BCUT2D eigenvalue weighted by atomic mass is 10.0. The normalized spacial score (nSPS) is 13.2. The van der Waals surface area contributed by atoms with Gasteiger partial charge in [0.15, 0.2) is 0 Å². The molecule has 6 heteroatoms. The molecule has 0 bridgehead atoms. The molecule has 1 atom stereocenters. The van der Waals surface area contributed by atoms with Gasteiger partial charge in [0.2, 0.25) is 0 Å². The lowest BCUT2D eigenvalue weighted by Gasteiger charge is -2.13. The van der Waals surface area contributed by atoms with Crippen molar-refractivity contribution >= 4 is 11.6 Å². The highest BCUT2D eigenvalue weighted by molar-refractivity contribution is 6.31. The quantitative estimate of drug-likeness (QED) is 0.873. The molecule has 0 radical (unpaired) electrons. The Labute approximate surface area is 95.4 Å². The van der Waals surface area contributed by atoms with E-state index in [4.69, 9.17) is 22.6 Å². The molecule has 0 aliphatic rings. The van der Waals surface area contributed by atoms with Crippen molar-refractivity contribution in [3.8, 4) is 6.07 Å². The second-order valence-corrected chi connectivity index (χ2v) is 3.61. The third-order valence-electron chi connectivity index (χ3n) is 2.04. The molecule has 16 heavy (non-hydrogen) atoms. The summed E-state index contributed by atoms with van der Waals surface area (Å²) in [7, 11) is 0. The third kappa shape index (κ3) is 2.87. The van der Waals surface area contributed by atoms with Crippen molar-refractivity contribution in [3.05, 3.63) is 34.3 Å². The summed E-state index contributed by atoms with van der Waals surface area (Å²) >= 11 is 5.44. The summed E-state index contributed by atoms with van der Waals surface area (Å²) in [4.78, 5) is 0. The molecule has 0 aromatic heterocycles. The maximum absolute atomic E-state index is 12.5. The number of alkyl halides is 3. The van der Waals surface area contributed by atoms with E-state index >= 15 is 0 Å². The zero-order chi connectivity index (χ0) is 12.3. The summed E-state index contributed by atoms with van der Waals surface area (Å²) in [5.74, 6) is 0. The van der Waals surface area contributed by atoms with Gasteiger partial charge in [-0.1, -0.05) is 17.7 Å². The van der Waals surface area contributed by atoms with E-state index in [0.29, 0.717) is 0 Å². The second-order valence-electron chi connectivity index (χ2n) is 3.21. The number of nitrogens with two attached hydrogens (primary N) is 1. The van der Waals surface area contributed by atoms with Crippen LogP contribution in [0.5, 0.6) is 0 Å². The van der Waals surface area contributed by atoms with Crippen LogP contribution < -0.4 is 5.73 Å². The Kier molecular flexibility index (Phi) is 3.79. The maximum Gasteiger partial charge on any atom is 0.417 e. The van der Waals surface area contributed by atoms with E-state index in [1.807, 2.05) is 0 Å². The number of nitrogens with zero attached hydrogens (tertiary/aromatic N) is 1. The molecule has 0 saturated heterocycles. The number of halogens is 4. The van der Waals surface area contributed by atoms with Gasteiger partial charge in [-0.05, 0) is 17.7 Å². The van der Waals surface area contributed by atoms with Gasteiger partial charge >= 0.3 is 6.18 Å². The molecular formula is C10H8ClF3N2. The number of rotatable bonds is 2. The molecule has 1 aromatic carbocycles. The van der Waals surface area contributed by atoms with E-state index in [-0.39, 0.29) is 17.0 Å². The minimum atomic E-state index is -4.51. The molecule has 1 rings (SSSR count). The SMILES string of the molecule is N#CC[C@@H](N)c1ccc(Cl)c(C(F)(F)F)c1. The molecule has 0 aliphatic heterocycles. The molecule has 0 amide bonds. The zero-order valence-corrected chi connectivity index (χ0v) is 8.81. The molecule has 0 fully saturated rings. The number of hydrogen-bond acceptors (Lipinski definition) is 2. The van der Waals surface area contributed by atoms with Crippen LogP contribution in [0.25, 0.3) is 0 Å². The predicted octanol–water partition coefficient (Wildman–Crippen LogP) is 3.27. The van der Waals surface area contributed by atoms with Crippen LogP contribution in [0.3, 0.4) is 0 Å². The fourth-order valence-corrected chi connectivity index (χ4v) is 1.43. The largest absolute Gasteiger partial charge is 0.417 e. The Bertz CT molecular complexity index is 423. The van der Waals surface area contributed by atoms with E-state index in [2.05, 4.69) is 0 Å². The Morgan fingerprint density at radius 1 is 1.44 bits per heavy atom. The van der Waals surface area contributed by atoms with Crippen LogP contribution in [0, 0.1) is 11.3 Å². The molecular weight excluding hydrogens is 241 g/mol. The molecule has 86 valence electrons. The monoisotopic (exact) mass is 248 g/mol. The van der Waals surface area contributed by atoms with Crippen LogP contribution in [0.2, 0.25) is 5.02 Å². The van der Waals surface area contributed by atoms with Crippen molar-refractivity contribution in [2.75, 3.05) is 0 Å². The fraction of sp³-hybridized carbons (Fsp3) is 0.300. The zero-order valence-electron chi connectivity index (χ0n) is 8.05. The van der Waals surface area contributed by atoms with Crippen molar-refractivity contribution < 1.29 is 13.2 Å². The first-order valence-electron chi connectivity index (χ1n) is 4.35. The number of nitriles is 1. The van der Waals surface area contributed by atoms with Crippen LogP contribution >= 0.6 is 11.6 Å². The second kappa shape index (κ2) is 4.73. The predicted molar refractivity (Wildman–Crippen MR) is 53.6 cm³/mol. The molecule has 0 saturated carbocycles. The molecule has 0 spiro atoms. The smallest absolute Gasteiger partial charge is 0.323 e. The van der Waals surface area contributed by atoms with Gasteiger partial charge in [0.1, 0.15) is 0 Å². The minimum absolute atomic E-state index is 0.0427. The van der Waals surface area contributed by atoms with Crippen LogP contribution in [0.1, 0.15) is 23.6 Å². The summed E-state index contributed by atoms with van der Waals surface area (Å²) < 4.78 is 37.5. The lowest BCUT2D eigenvalue weighted by molar-refractivity contribution is -0.137. The summed E-state index contributed by atoms with van der Waals surface area (Å²) in [5.41, 5.74) is 4.85. The highest BCUT2D eigenvalue weighted by Crippen LogP contribution is 2.36. The number of benzene rings is 1. The maximum atomic E-state index is 12.5. The van der Waals surface area contributed by atoms with Crippen LogP contribution in [0.4, 0.5) is 13.2 Å². The average Bonchev–Trinajstić information content (AvgIpc) is 2.16. The first-order valence-corrected chi connectivity index (χ1v) is 4.73. The topological polar surface area (TPSA) is 49.8 Å². The molecule has 2 nitrogen and oxygen atoms in total. The fourth-order valence-electron chi connectivity index (χ4n) is 1.21. The van der Waals surface area contributed by atoms with Gasteiger partial charge in [-0.25, -0.2) is 0 Å². The summed E-state index contributed by atoms with van der Waals surface area (Å²) in [6, 6.07) is 4.47. The molecule has 0 heterocycles. The first-order chi connectivity index (χ1) is 7.36. The van der Waals surface area contributed by atoms with Crippen LogP contribution in [-0.4, -0.2) is 0 Å². The van der Waals surface area contributed by atoms with Crippen LogP contribution in [-0.2, 0) is 6.18 Å². The van der Waals surface area contributed by atoms with E-state index in [9.17, 15) is 13.2 Å².